The lowest BCUT2D eigenvalue weighted by Gasteiger charge is -2.20. The Morgan fingerprint density at radius 3 is 2.42 bits per heavy atom. The molecule has 2 aromatic rings. The van der Waals surface area contributed by atoms with Crippen LogP contribution in [-0.2, 0) is 20.8 Å². The predicted molar refractivity (Wildman–Crippen MR) is 94.2 cm³/mol. The molecule has 9 heteroatoms. The molecule has 0 aliphatic rings. The van der Waals surface area contributed by atoms with E-state index in [4.69, 9.17) is 5.73 Å². The van der Waals surface area contributed by atoms with Crippen molar-refractivity contribution in [1.82, 2.24) is 15.6 Å². The standard InChI is InChI=1S/C17H22N4O5/c1-9(18)15(23)21-14(8-22)16(24)20-13(17(25)26)6-10-7-19-12-5-3-2-4-11(10)12/h2-5,7,9,13-14,19,22H,6,8,18H2,1H3,(H,20,24)(H,21,23)(H,25,26). The largest absolute Gasteiger partial charge is 0.480 e. The first kappa shape index (κ1) is 19.4. The lowest BCUT2D eigenvalue weighted by atomic mass is 10.0. The van der Waals surface area contributed by atoms with Crippen molar-refractivity contribution in [3.05, 3.63) is 36.0 Å². The summed E-state index contributed by atoms with van der Waals surface area (Å²) in [5.41, 5.74) is 7.00. The molecule has 0 spiro atoms. The zero-order valence-electron chi connectivity index (χ0n) is 14.2. The number of fused-ring (bicyclic) bond motifs is 1. The Hall–Kier alpha value is -2.91. The van der Waals surface area contributed by atoms with Crippen LogP contribution in [0.25, 0.3) is 10.9 Å². The van der Waals surface area contributed by atoms with Gasteiger partial charge in [0.1, 0.15) is 12.1 Å². The van der Waals surface area contributed by atoms with Gasteiger partial charge in [0.05, 0.1) is 12.6 Å². The molecule has 1 aromatic heterocycles. The number of carboxylic acids is 1. The number of aliphatic hydroxyl groups excluding tert-OH is 1. The molecule has 1 heterocycles. The highest BCUT2D eigenvalue weighted by atomic mass is 16.4. The minimum absolute atomic E-state index is 0.0461. The number of para-hydroxylation sites is 1. The van der Waals surface area contributed by atoms with Gasteiger partial charge in [0, 0.05) is 23.5 Å². The zero-order valence-corrected chi connectivity index (χ0v) is 14.2. The van der Waals surface area contributed by atoms with Crippen LogP contribution in [0.3, 0.4) is 0 Å². The number of carbonyl (C=O) groups excluding carboxylic acids is 2. The van der Waals surface area contributed by atoms with Crippen LogP contribution in [0.1, 0.15) is 12.5 Å². The van der Waals surface area contributed by atoms with Gasteiger partial charge in [0.2, 0.25) is 11.8 Å². The third kappa shape index (κ3) is 4.58. The first-order valence-corrected chi connectivity index (χ1v) is 8.08. The number of amides is 2. The summed E-state index contributed by atoms with van der Waals surface area (Å²) in [5.74, 6) is -2.64. The number of hydrogen-bond acceptors (Lipinski definition) is 5. The number of aliphatic carboxylic acids is 1. The van der Waals surface area contributed by atoms with Gasteiger partial charge in [-0.15, -0.1) is 0 Å². The van der Waals surface area contributed by atoms with Crippen molar-refractivity contribution in [1.29, 1.82) is 0 Å². The molecule has 9 nitrogen and oxygen atoms in total. The summed E-state index contributed by atoms with van der Waals surface area (Å²) in [4.78, 5) is 38.4. The first-order valence-electron chi connectivity index (χ1n) is 8.08. The Labute approximate surface area is 149 Å². The van der Waals surface area contributed by atoms with Crippen molar-refractivity contribution in [2.24, 2.45) is 5.73 Å². The second kappa shape index (κ2) is 8.45. The maximum absolute atomic E-state index is 12.2. The molecule has 0 radical (unpaired) electrons. The molecule has 0 bridgehead atoms. The first-order chi connectivity index (χ1) is 12.3. The van der Waals surface area contributed by atoms with Crippen molar-refractivity contribution >= 4 is 28.7 Å². The summed E-state index contributed by atoms with van der Waals surface area (Å²) < 4.78 is 0. The van der Waals surface area contributed by atoms with E-state index in [0.717, 1.165) is 16.5 Å². The van der Waals surface area contributed by atoms with Crippen molar-refractivity contribution in [3.8, 4) is 0 Å². The number of H-pyrrole nitrogens is 1. The van der Waals surface area contributed by atoms with Gasteiger partial charge < -0.3 is 31.6 Å². The lowest BCUT2D eigenvalue weighted by Crippen LogP contribution is -2.55. The van der Waals surface area contributed by atoms with Crippen LogP contribution in [-0.4, -0.2) is 57.7 Å². The maximum atomic E-state index is 12.2. The number of aliphatic hydroxyl groups is 1. The van der Waals surface area contributed by atoms with Crippen LogP contribution < -0.4 is 16.4 Å². The SMILES string of the molecule is CC(N)C(=O)NC(CO)C(=O)NC(Cc1c[nH]c2ccccc12)C(=O)O. The Morgan fingerprint density at radius 2 is 1.81 bits per heavy atom. The van der Waals surface area contributed by atoms with Crippen molar-refractivity contribution in [2.75, 3.05) is 6.61 Å². The number of aromatic nitrogens is 1. The molecule has 0 saturated carbocycles. The molecular formula is C17H22N4O5. The number of carboxylic acid groups (broad SMARTS) is 1. The van der Waals surface area contributed by atoms with Crippen LogP contribution in [0.15, 0.2) is 30.5 Å². The minimum atomic E-state index is -1.28. The fraction of sp³-hybridized carbons (Fsp3) is 0.353. The van der Waals surface area contributed by atoms with E-state index in [-0.39, 0.29) is 6.42 Å². The van der Waals surface area contributed by atoms with E-state index in [1.165, 1.54) is 6.92 Å². The second-order valence-corrected chi connectivity index (χ2v) is 6.00. The number of carbonyl (C=O) groups is 3. The normalized spacial score (nSPS) is 14.4. The third-order valence-electron chi connectivity index (χ3n) is 3.94. The molecular weight excluding hydrogens is 340 g/mol. The molecule has 1 aromatic carbocycles. The Kier molecular flexibility index (Phi) is 6.31. The van der Waals surface area contributed by atoms with Crippen LogP contribution in [0.2, 0.25) is 0 Å². The Morgan fingerprint density at radius 1 is 1.15 bits per heavy atom. The monoisotopic (exact) mass is 362 g/mol. The molecule has 7 N–H and O–H groups in total. The predicted octanol–water partition coefficient (Wildman–Crippen LogP) is -0.896. The topological polar surface area (TPSA) is 158 Å². The summed E-state index contributed by atoms with van der Waals surface area (Å²) in [6.45, 7) is 0.752. The smallest absolute Gasteiger partial charge is 0.326 e. The van der Waals surface area contributed by atoms with E-state index in [1.807, 2.05) is 24.3 Å². The van der Waals surface area contributed by atoms with Crippen LogP contribution >= 0.6 is 0 Å². The van der Waals surface area contributed by atoms with Crippen LogP contribution in [0.4, 0.5) is 0 Å². The molecule has 0 aliphatic carbocycles. The Balaban J connectivity index is 2.10. The fourth-order valence-electron chi connectivity index (χ4n) is 2.49. The summed E-state index contributed by atoms with van der Waals surface area (Å²) in [6.07, 6.45) is 1.73. The molecule has 0 fully saturated rings. The molecule has 2 rings (SSSR count). The molecule has 3 atom stereocenters. The fourth-order valence-corrected chi connectivity index (χ4v) is 2.49. The van der Waals surface area contributed by atoms with Gasteiger partial charge in [-0.1, -0.05) is 18.2 Å². The van der Waals surface area contributed by atoms with Gasteiger partial charge in [-0.2, -0.15) is 0 Å². The van der Waals surface area contributed by atoms with Gasteiger partial charge in [-0.25, -0.2) is 4.79 Å². The van der Waals surface area contributed by atoms with Gasteiger partial charge in [0.25, 0.3) is 0 Å². The van der Waals surface area contributed by atoms with Gasteiger partial charge in [-0.05, 0) is 18.6 Å². The number of aromatic amines is 1. The summed E-state index contributed by atoms with van der Waals surface area (Å²) in [5, 5.41) is 24.2. The van der Waals surface area contributed by atoms with Gasteiger partial charge in [0.15, 0.2) is 0 Å². The van der Waals surface area contributed by atoms with E-state index in [9.17, 15) is 24.6 Å². The van der Waals surface area contributed by atoms with E-state index >= 15 is 0 Å². The summed E-state index contributed by atoms with van der Waals surface area (Å²) in [7, 11) is 0. The number of benzene rings is 1. The quantitative estimate of drug-likeness (QED) is 0.357. The number of nitrogens with one attached hydrogen (secondary N) is 3. The highest BCUT2D eigenvalue weighted by molar-refractivity contribution is 5.92. The van der Waals surface area contributed by atoms with Gasteiger partial charge >= 0.3 is 5.97 Å². The molecule has 0 saturated heterocycles. The Bertz CT molecular complexity index is 801. The zero-order chi connectivity index (χ0) is 19.3. The lowest BCUT2D eigenvalue weighted by molar-refractivity contribution is -0.142. The van der Waals surface area contributed by atoms with E-state index in [1.54, 1.807) is 6.20 Å². The van der Waals surface area contributed by atoms with E-state index in [0.29, 0.717) is 0 Å². The van der Waals surface area contributed by atoms with Crippen LogP contribution in [0.5, 0.6) is 0 Å². The van der Waals surface area contributed by atoms with Crippen molar-refractivity contribution < 1.29 is 24.6 Å². The minimum Gasteiger partial charge on any atom is -0.480 e. The highest BCUT2D eigenvalue weighted by Gasteiger charge is 2.27. The van der Waals surface area contributed by atoms with E-state index in [2.05, 4.69) is 15.6 Å². The summed E-state index contributed by atoms with van der Waals surface area (Å²) in [6, 6.07) is 4.03. The van der Waals surface area contributed by atoms with Crippen LogP contribution in [0, 0.1) is 0 Å². The number of rotatable bonds is 8. The molecule has 2 amide bonds. The van der Waals surface area contributed by atoms with Gasteiger partial charge in [-0.3, -0.25) is 9.59 Å². The van der Waals surface area contributed by atoms with Crippen molar-refractivity contribution in [2.45, 2.75) is 31.5 Å². The van der Waals surface area contributed by atoms with E-state index < -0.39 is 42.5 Å². The molecule has 26 heavy (non-hydrogen) atoms. The maximum Gasteiger partial charge on any atom is 0.326 e. The second-order valence-electron chi connectivity index (χ2n) is 6.00. The number of hydrogen-bond donors (Lipinski definition) is 6. The summed E-state index contributed by atoms with van der Waals surface area (Å²) >= 11 is 0. The molecule has 140 valence electrons. The third-order valence-corrected chi connectivity index (χ3v) is 3.94. The molecule has 0 aliphatic heterocycles. The highest BCUT2D eigenvalue weighted by Crippen LogP contribution is 2.19. The number of nitrogens with two attached hydrogens (primary N) is 1. The average Bonchev–Trinajstić information content (AvgIpc) is 3.01. The van der Waals surface area contributed by atoms with Crippen molar-refractivity contribution in [3.63, 3.8) is 0 Å². The molecule has 3 unspecified atom stereocenters. The average molecular weight is 362 g/mol.